The van der Waals surface area contributed by atoms with Crippen molar-refractivity contribution in [2.75, 3.05) is 13.2 Å². The Morgan fingerprint density at radius 2 is 1.11 bits per heavy atom. The number of aliphatic hydroxyl groups excluding tert-OH is 9. The Labute approximate surface area is 515 Å². The lowest BCUT2D eigenvalue weighted by atomic mass is 9.95. The average molecular weight is 1270 g/mol. The van der Waals surface area contributed by atoms with Crippen LogP contribution in [0.2, 0.25) is 0 Å². The van der Waals surface area contributed by atoms with Gasteiger partial charge >= 0.3 is 23.9 Å². The normalized spacial score (nSPS) is 41.9. The van der Waals surface area contributed by atoms with Crippen molar-refractivity contribution in [3.63, 3.8) is 0 Å². The Morgan fingerprint density at radius 1 is 0.557 bits per heavy atom. The molecule has 88 heavy (non-hydrogen) atoms. The monoisotopic (exact) mass is 1270 g/mol. The third-order valence-corrected chi connectivity index (χ3v) is 17.7. The number of fused-ring (bicyclic) bond motifs is 2. The zero-order chi connectivity index (χ0) is 64.7. The third kappa shape index (κ3) is 19.0. The number of carbonyl (C=O) groups excluding carboxylic acids is 4. The van der Waals surface area contributed by atoms with E-state index in [0.29, 0.717) is 32.1 Å². The van der Waals surface area contributed by atoms with Crippen LogP contribution in [0.15, 0.2) is 11.6 Å². The summed E-state index contributed by atoms with van der Waals surface area (Å²) in [6.45, 7) is 14.9. The van der Waals surface area contributed by atoms with Gasteiger partial charge in [-0.2, -0.15) is 0 Å². The fraction of sp³-hybridized carbons (Fsp3) is 0.902. The van der Waals surface area contributed by atoms with Gasteiger partial charge in [0, 0.05) is 12.0 Å². The van der Waals surface area contributed by atoms with E-state index in [-0.39, 0.29) is 18.4 Å². The lowest BCUT2D eigenvalue weighted by molar-refractivity contribution is -0.400. The Hall–Kier alpha value is -3.14. The molecule has 6 saturated heterocycles. The van der Waals surface area contributed by atoms with Gasteiger partial charge in [-0.25, -0.2) is 4.79 Å². The molecule has 0 aliphatic carbocycles. The fourth-order valence-electron chi connectivity index (χ4n) is 11.4. The van der Waals surface area contributed by atoms with Crippen LogP contribution in [0.1, 0.15) is 166 Å². The van der Waals surface area contributed by atoms with Crippen molar-refractivity contribution in [3.8, 4) is 0 Å². The van der Waals surface area contributed by atoms with Crippen LogP contribution in [0, 0.1) is 11.8 Å². The van der Waals surface area contributed by atoms with E-state index in [1.807, 2.05) is 6.92 Å². The second-order valence-corrected chi connectivity index (χ2v) is 24.4. The summed E-state index contributed by atoms with van der Waals surface area (Å²) in [4.78, 5) is 53.8. The lowest BCUT2D eigenvalue weighted by Gasteiger charge is -2.51. The van der Waals surface area contributed by atoms with Gasteiger partial charge in [0.2, 0.25) is 0 Å². The van der Waals surface area contributed by atoms with Gasteiger partial charge in [-0.05, 0) is 66.7 Å². The van der Waals surface area contributed by atoms with Crippen LogP contribution in [-0.4, -0.2) is 243 Å². The van der Waals surface area contributed by atoms with E-state index in [4.69, 9.17) is 66.3 Å². The van der Waals surface area contributed by atoms with Crippen molar-refractivity contribution in [2.24, 2.45) is 11.8 Å². The maximum atomic E-state index is 14.2. The van der Waals surface area contributed by atoms with Gasteiger partial charge in [-0.1, -0.05) is 98.5 Å². The molecule has 0 aromatic carbocycles. The molecule has 508 valence electrons. The highest BCUT2D eigenvalue weighted by Gasteiger charge is 2.59. The summed E-state index contributed by atoms with van der Waals surface area (Å²) in [5.74, 6) is -4.43. The van der Waals surface area contributed by atoms with E-state index in [2.05, 4.69) is 0 Å². The van der Waals surface area contributed by atoms with Crippen LogP contribution in [-0.2, 0) is 85.5 Å². The number of esters is 4. The van der Waals surface area contributed by atoms with Gasteiger partial charge < -0.3 is 112 Å². The SMILES string of the molecule is C/C=C(\C)C(=O)O[C@@H]1[C@@H](O)[C@@H](O)[C@H](O[C@@H]2[C@@H](O[C@@H]3O[C@H](COC(=O)[C@@H](C)CC)[C@@H](O)[C@H](O)[C@H]3O)[C@@H](OC(=O)[C@@H](C)CC)[C@H](O[C@@H]3[C@@H](O)[C@H]4OC(=O)CCCCCCCCCC[C@H](CCCC)O[C@@H]5O[C@H](CO)[C@@H](O)[C@H](O)[C@H]5O[C@@H]4O[C@H]3C)O[C@H]2C)O[C@H]1C. The van der Waals surface area contributed by atoms with Crippen molar-refractivity contribution in [1.82, 2.24) is 0 Å². The minimum atomic E-state index is -2.08. The summed E-state index contributed by atoms with van der Waals surface area (Å²) in [6, 6.07) is 0. The van der Waals surface area contributed by atoms with Crippen molar-refractivity contribution in [1.29, 1.82) is 0 Å². The Morgan fingerprint density at radius 3 is 1.76 bits per heavy atom. The fourth-order valence-corrected chi connectivity index (χ4v) is 11.4. The largest absolute Gasteiger partial charge is 0.463 e. The van der Waals surface area contributed by atoms with Crippen molar-refractivity contribution >= 4 is 23.9 Å². The molecule has 6 heterocycles. The van der Waals surface area contributed by atoms with Crippen molar-refractivity contribution in [3.05, 3.63) is 11.6 Å². The summed E-state index contributed by atoms with van der Waals surface area (Å²) in [6.07, 6.45) is -30.7. The minimum Gasteiger partial charge on any atom is -0.463 e. The number of aliphatic hydroxyl groups is 9. The quantitative estimate of drug-likeness (QED) is 0.0507. The van der Waals surface area contributed by atoms with Crippen LogP contribution in [0.25, 0.3) is 0 Å². The number of rotatable bonds is 19. The molecule has 6 aliphatic rings. The molecule has 27 heteroatoms. The van der Waals surface area contributed by atoms with Gasteiger partial charge in [-0.3, -0.25) is 14.4 Å². The maximum Gasteiger partial charge on any atom is 0.333 e. The molecule has 27 nitrogen and oxygen atoms in total. The second-order valence-electron chi connectivity index (χ2n) is 24.4. The topological polar surface area (TPSA) is 380 Å². The van der Waals surface area contributed by atoms with E-state index in [1.54, 1.807) is 34.6 Å². The molecule has 6 rings (SSSR count). The standard InChI is InChI=1S/C61H102O27/c1-11-15-24-35-25-22-20-18-16-17-19-21-23-26-38(63)82-51-46(71)48(33(9)77-59(51)87-50-42(67)39(64)36(27-62)80-60(50)79-35)85-61-53(84-56(74)31(7)14-4)52(88-58-44(69)41(66)40(65)37(81-58)28-75-54(72)29(5)12-2)49(34(10)78-61)86-57-45(70)43(68)47(32(8)76-57)83-55(73)30(6)13-3/h13,29,31-37,39-53,57-62,64-71H,11-12,14-28H2,1-10H3/b30-13+/t29-,31-,32-,33-,34-,35-,36+,37+,39+,40+,41-,42-,43-,44+,45+,46+,47-,48-,49-,50+,51+,52+,53+,57-,58-,59-,60+,61-/m0/s1. The first-order chi connectivity index (χ1) is 41.9. The highest BCUT2D eigenvalue weighted by Crippen LogP contribution is 2.40. The molecule has 0 aromatic heterocycles. The highest BCUT2D eigenvalue weighted by atomic mass is 16.8. The molecule has 0 radical (unpaired) electrons. The van der Waals surface area contributed by atoms with Crippen molar-refractivity contribution in [2.45, 2.75) is 325 Å². The van der Waals surface area contributed by atoms with Crippen LogP contribution in [0.4, 0.5) is 0 Å². The van der Waals surface area contributed by atoms with E-state index < -0.39 is 209 Å². The van der Waals surface area contributed by atoms with E-state index in [0.717, 1.165) is 51.4 Å². The molecule has 0 bridgehead atoms. The molecule has 0 unspecified atom stereocenters. The predicted molar refractivity (Wildman–Crippen MR) is 304 cm³/mol. The zero-order valence-corrected chi connectivity index (χ0v) is 52.6. The summed E-state index contributed by atoms with van der Waals surface area (Å²) in [5, 5.41) is 103. The number of unbranched alkanes of at least 4 members (excludes halogenated alkanes) is 1. The Kier molecular flexibility index (Phi) is 29.6. The van der Waals surface area contributed by atoms with Gasteiger partial charge in [0.1, 0.15) is 92.1 Å². The smallest absolute Gasteiger partial charge is 0.333 e. The molecule has 0 spiro atoms. The molecule has 9 N–H and O–H groups in total. The Bertz CT molecular complexity index is 2170. The molecular weight excluding hydrogens is 1160 g/mol. The van der Waals surface area contributed by atoms with E-state index >= 15 is 0 Å². The first-order valence-electron chi connectivity index (χ1n) is 31.9. The van der Waals surface area contributed by atoms with E-state index in [1.165, 1.54) is 33.8 Å². The number of carbonyl (C=O) groups is 4. The summed E-state index contributed by atoms with van der Waals surface area (Å²) in [7, 11) is 0. The molecular formula is C61H102O27. The second kappa shape index (κ2) is 35.2. The lowest BCUT2D eigenvalue weighted by Crippen LogP contribution is -2.68. The first-order valence-corrected chi connectivity index (χ1v) is 31.9. The summed E-state index contributed by atoms with van der Waals surface area (Å²) < 4.78 is 87.2. The van der Waals surface area contributed by atoms with Crippen LogP contribution >= 0.6 is 0 Å². The van der Waals surface area contributed by atoms with E-state index in [9.17, 15) is 65.1 Å². The Balaban J connectivity index is 1.39. The predicted octanol–water partition coefficient (Wildman–Crippen LogP) is 1.92. The maximum absolute atomic E-state index is 14.2. The molecule has 6 fully saturated rings. The van der Waals surface area contributed by atoms with Crippen LogP contribution in [0.3, 0.4) is 0 Å². The van der Waals surface area contributed by atoms with Gasteiger partial charge in [-0.15, -0.1) is 0 Å². The number of ether oxygens (including phenoxy) is 14. The van der Waals surface area contributed by atoms with Gasteiger partial charge in [0.15, 0.2) is 49.8 Å². The molecule has 6 aliphatic heterocycles. The average Bonchev–Trinajstić information content (AvgIpc) is 0.869. The number of hydrogen-bond acceptors (Lipinski definition) is 27. The van der Waals surface area contributed by atoms with Crippen LogP contribution < -0.4 is 0 Å². The summed E-state index contributed by atoms with van der Waals surface area (Å²) >= 11 is 0. The summed E-state index contributed by atoms with van der Waals surface area (Å²) in [5.41, 5.74) is 0.210. The first kappa shape index (κ1) is 73.9. The van der Waals surface area contributed by atoms with Gasteiger partial charge in [0.05, 0.1) is 42.9 Å². The third-order valence-electron chi connectivity index (χ3n) is 17.7. The molecule has 0 amide bonds. The van der Waals surface area contributed by atoms with Crippen molar-refractivity contribution < 1.29 is 131 Å². The molecule has 0 aromatic rings. The minimum absolute atomic E-state index is 0.0793. The number of allylic oxidation sites excluding steroid dienone is 1. The van der Waals surface area contributed by atoms with Gasteiger partial charge in [0.25, 0.3) is 0 Å². The molecule has 28 atom stereocenters. The number of hydrogen-bond donors (Lipinski definition) is 9. The highest BCUT2D eigenvalue weighted by molar-refractivity contribution is 5.87. The van der Waals surface area contributed by atoms with Crippen LogP contribution in [0.5, 0.6) is 0 Å². The molecule has 0 saturated carbocycles. The zero-order valence-electron chi connectivity index (χ0n) is 52.6.